The third-order valence-corrected chi connectivity index (χ3v) is 3.64. The monoisotopic (exact) mass is 292 g/mol. The lowest BCUT2D eigenvalue weighted by Crippen LogP contribution is -2.15. The summed E-state index contributed by atoms with van der Waals surface area (Å²) in [5, 5.41) is 12.3. The van der Waals surface area contributed by atoms with E-state index in [2.05, 4.69) is 16.9 Å². The number of thiophene rings is 1. The molecule has 0 saturated heterocycles. The van der Waals surface area contributed by atoms with Gasteiger partial charge in [-0.05, 0) is 18.6 Å². The van der Waals surface area contributed by atoms with Crippen LogP contribution < -0.4 is 5.32 Å². The number of fused-ring (bicyclic) bond motifs is 1. The molecule has 0 fully saturated rings. The molecule has 0 unspecified atom stereocenters. The molecular formula is C13H12N2O4S. The Hall–Kier alpha value is -2.41. The van der Waals surface area contributed by atoms with Crippen molar-refractivity contribution in [1.82, 2.24) is 4.98 Å². The fourth-order valence-electron chi connectivity index (χ4n) is 1.72. The third kappa shape index (κ3) is 2.62. The standard InChI is InChI=1S/C13H12N2O4S/c1-3-6-19-13(18)15-9-8-7(2)4-5-14-11(8)20-10(9)12(16)17/h3-5H,1,6H2,2H3,(H,15,18)(H,16,17). The van der Waals surface area contributed by atoms with E-state index in [0.717, 1.165) is 16.9 Å². The number of aromatic nitrogens is 1. The fourth-order valence-corrected chi connectivity index (χ4v) is 2.73. The van der Waals surface area contributed by atoms with Gasteiger partial charge in [-0.25, -0.2) is 14.6 Å². The van der Waals surface area contributed by atoms with Crippen molar-refractivity contribution >= 4 is 39.3 Å². The van der Waals surface area contributed by atoms with Gasteiger partial charge in [-0.2, -0.15) is 0 Å². The molecule has 2 rings (SSSR count). The highest BCUT2D eigenvalue weighted by Gasteiger charge is 2.21. The normalized spacial score (nSPS) is 10.2. The molecule has 6 nitrogen and oxygen atoms in total. The van der Waals surface area contributed by atoms with Crippen molar-refractivity contribution in [1.29, 1.82) is 0 Å². The molecule has 0 radical (unpaired) electrons. The van der Waals surface area contributed by atoms with Crippen LogP contribution in [0.4, 0.5) is 10.5 Å². The van der Waals surface area contributed by atoms with E-state index in [-0.39, 0.29) is 17.2 Å². The lowest BCUT2D eigenvalue weighted by molar-refractivity contribution is 0.0703. The van der Waals surface area contributed by atoms with Crippen LogP contribution in [0, 0.1) is 6.92 Å². The van der Waals surface area contributed by atoms with Crippen molar-refractivity contribution < 1.29 is 19.4 Å². The first kappa shape index (κ1) is 14.0. The van der Waals surface area contributed by atoms with Crippen molar-refractivity contribution in [2.45, 2.75) is 6.92 Å². The molecule has 0 saturated carbocycles. The predicted molar refractivity (Wildman–Crippen MR) is 76.5 cm³/mol. The average molecular weight is 292 g/mol. The number of carboxylic acids is 1. The van der Waals surface area contributed by atoms with E-state index in [0.29, 0.717) is 10.2 Å². The number of aromatic carboxylic acids is 1. The zero-order valence-electron chi connectivity index (χ0n) is 10.7. The molecule has 0 bridgehead atoms. The summed E-state index contributed by atoms with van der Waals surface area (Å²) in [4.78, 5) is 27.6. The molecule has 0 aromatic carbocycles. The van der Waals surface area contributed by atoms with Crippen molar-refractivity contribution in [3.05, 3.63) is 35.4 Å². The second-order valence-electron chi connectivity index (χ2n) is 3.93. The summed E-state index contributed by atoms with van der Waals surface area (Å²) < 4.78 is 4.81. The Balaban J connectivity index is 2.48. The summed E-state index contributed by atoms with van der Waals surface area (Å²) in [5.41, 5.74) is 1.05. The number of amides is 1. The van der Waals surface area contributed by atoms with Crippen molar-refractivity contribution in [3.8, 4) is 0 Å². The number of ether oxygens (including phenoxy) is 1. The van der Waals surface area contributed by atoms with E-state index >= 15 is 0 Å². The fraction of sp³-hybridized carbons (Fsp3) is 0.154. The smallest absolute Gasteiger partial charge is 0.412 e. The maximum absolute atomic E-state index is 11.6. The molecule has 7 heteroatoms. The first-order valence-electron chi connectivity index (χ1n) is 5.70. The predicted octanol–water partition coefficient (Wildman–Crippen LogP) is 3.04. The zero-order chi connectivity index (χ0) is 14.7. The largest absolute Gasteiger partial charge is 0.477 e. The molecule has 104 valence electrons. The van der Waals surface area contributed by atoms with E-state index < -0.39 is 12.1 Å². The van der Waals surface area contributed by atoms with Crippen molar-refractivity contribution in [2.24, 2.45) is 0 Å². The van der Waals surface area contributed by atoms with Crippen LogP contribution in [-0.4, -0.2) is 28.8 Å². The number of nitrogens with one attached hydrogen (secondary N) is 1. The van der Waals surface area contributed by atoms with Crippen LogP contribution in [0.25, 0.3) is 10.2 Å². The second kappa shape index (κ2) is 5.70. The first-order valence-corrected chi connectivity index (χ1v) is 6.52. The highest BCUT2D eigenvalue weighted by Crippen LogP contribution is 2.36. The van der Waals surface area contributed by atoms with Crippen LogP contribution in [0.1, 0.15) is 15.2 Å². The van der Waals surface area contributed by atoms with Gasteiger partial charge >= 0.3 is 12.1 Å². The van der Waals surface area contributed by atoms with Crippen molar-refractivity contribution in [2.75, 3.05) is 11.9 Å². The molecule has 2 N–H and O–H groups in total. The molecule has 0 spiro atoms. The van der Waals surface area contributed by atoms with E-state index in [1.165, 1.54) is 6.08 Å². The molecule has 0 aliphatic heterocycles. The Bertz CT molecular complexity index is 693. The number of nitrogens with zero attached hydrogens (tertiary/aromatic N) is 1. The summed E-state index contributed by atoms with van der Waals surface area (Å²) in [7, 11) is 0. The lowest BCUT2D eigenvalue weighted by Gasteiger charge is -2.06. The Morgan fingerprint density at radius 2 is 2.35 bits per heavy atom. The second-order valence-corrected chi connectivity index (χ2v) is 4.93. The minimum Gasteiger partial charge on any atom is -0.477 e. The first-order chi connectivity index (χ1) is 9.54. The van der Waals surface area contributed by atoms with Gasteiger partial charge in [-0.3, -0.25) is 5.32 Å². The number of carbonyl (C=O) groups excluding carboxylic acids is 1. The van der Waals surface area contributed by atoms with Gasteiger partial charge in [-0.15, -0.1) is 11.3 Å². The summed E-state index contributed by atoms with van der Waals surface area (Å²) in [6, 6.07) is 1.75. The Kier molecular flexibility index (Phi) is 3.99. The van der Waals surface area contributed by atoms with Gasteiger partial charge in [0.25, 0.3) is 0 Å². The van der Waals surface area contributed by atoms with Crippen LogP contribution in [0.2, 0.25) is 0 Å². The minimum atomic E-state index is -1.12. The molecule has 2 aromatic rings. The van der Waals surface area contributed by atoms with Gasteiger partial charge in [0.15, 0.2) is 0 Å². The van der Waals surface area contributed by atoms with E-state index in [9.17, 15) is 14.7 Å². The molecule has 1 amide bonds. The van der Waals surface area contributed by atoms with Gasteiger partial charge < -0.3 is 9.84 Å². The number of hydrogen-bond acceptors (Lipinski definition) is 5. The molecule has 2 aromatic heterocycles. The zero-order valence-corrected chi connectivity index (χ0v) is 11.5. The average Bonchev–Trinajstić information content (AvgIpc) is 2.77. The van der Waals surface area contributed by atoms with Crippen molar-refractivity contribution in [3.63, 3.8) is 0 Å². The molecule has 20 heavy (non-hydrogen) atoms. The Morgan fingerprint density at radius 3 is 3.00 bits per heavy atom. The number of carbonyl (C=O) groups is 2. The van der Waals surface area contributed by atoms with Gasteiger partial charge in [0.2, 0.25) is 0 Å². The minimum absolute atomic E-state index is 0.0253. The van der Waals surface area contributed by atoms with Crippen LogP contribution in [0.5, 0.6) is 0 Å². The summed E-state index contributed by atoms with van der Waals surface area (Å²) >= 11 is 1.01. The highest BCUT2D eigenvalue weighted by atomic mass is 32.1. The van der Waals surface area contributed by atoms with E-state index in [1.54, 1.807) is 12.3 Å². The topological polar surface area (TPSA) is 88.5 Å². The number of pyridine rings is 1. The van der Waals surface area contributed by atoms with Gasteiger partial charge in [-0.1, -0.05) is 12.7 Å². The van der Waals surface area contributed by atoms with Gasteiger partial charge in [0, 0.05) is 11.6 Å². The Labute approximate surface area is 118 Å². The molecule has 0 aliphatic carbocycles. The van der Waals surface area contributed by atoms with Crippen LogP contribution >= 0.6 is 11.3 Å². The van der Waals surface area contributed by atoms with E-state index in [1.807, 2.05) is 6.92 Å². The lowest BCUT2D eigenvalue weighted by atomic mass is 10.1. The Morgan fingerprint density at radius 1 is 1.60 bits per heavy atom. The number of rotatable bonds is 4. The van der Waals surface area contributed by atoms with Crippen LogP contribution in [0.15, 0.2) is 24.9 Å². The molecule has 2 heterocycles. The molecular weight excluding hydrogens is 280 g/mol. The van der Waals surface area contributed by atoms with E-state index in [4.69, 9.17) is 4.74 Å². The molecule has 0 aliphatic rings. The number of anilines is 1. The number of aryl methyl sites for hydroxylation is 1. The highest BCUT2D eigenvalue weighted by molar-refractivity contribution is 7.21. The van der Waals surface area contributed by atoms with Crippen LogP contribution in [-0.2, 0) is 4.74 Å². The van der Waals surface area contributed by atoms with Gasteiger partial charge in [0.1, 0.15) is 16.3 Å². The SMILES string of the molecule is C=CCOC(=O)Nc1c(C(=O)O)sc2nccc(C)c12. The van der Waals surface area contributed by atoms with Crippen LogP contribution in [0.3, 0.4) is 0 Å². The molecule has 0 atom stereocenters. The summed E-state index contributed by atoms with van der Waals surface area (Å²) in [6.07, 6.45) is 2.30. The number of carboxylic acid groups (broad SMARTS) is 1. The summed E-state index contributed by atoms with van der Waals surface area (Å²) in [6.45, 7) is 5.30. The summed E-state index contributed by atoms with van der Waals surface area (Å²) in [5.74, 6) is -1.12. The quantitative estimate of drug-likeness (QED) is 0.845. The van der Waals surface area contributed by atoms with Gasteiger partial charge in [0.05, 0.1) is 5.69 Å². The number of hydrogen-bond donors (Lipinski definition) is 2. The maximum atomic E-state index is 11.6. The third-order valence-electron chi connectivity index (χ3n) is 2.55. The maximum Gasteiger partial charge on any atom is 0.412 e.